The van der Waals surface area contributed by atoms with E-state index in [1.165, 1.54) is 6.20 Å². The molecule has 0 spiro atoms. The largest absolute Gasteiger partial charge is 0.397 e. The van der Waals surface area contributed by atoms with E-state index in [1.807, 2.05) is 7.85 Å². The van der Waals surface area contributed by atoms with Gasteiger partial charge in [-0.2, -0.15) is 4.39 Å². The van der Waals surface area contributed by atoms with Crippen molar-refractivity contribution in [3.8, 4) is 11.3 Å². The molecule has 0 saturated heterocycles. The van der Waals surface area contributed by atoms with Crippen molar-refractivity contribution >= 4 is 19.0 Å². The summed E-state index contributed by atoms with van der Waals surface area (Å²) in [4.78, 5) is 7.66. The molecular formula is C10H9BFN3. The van der Waals surface area contributed by atoms with E-state index in [0.29, 0.717) is 16.9 Å². The molecule has 2 rings (SSSR count). The highest BCUT2D eigenvalue weighted by molar-refractivity contribution is 6.32. The molecule has 0 aliphatic carbocycles. The molecule has 3 nitrogen and oxygen atoms in total. The summed E-state index contributed by atoms with van der Waals surface area (Å²) in [6, 6.07) is 5.02. The highest BCUT2D eigenvalue weighted by atomic mass is 19.1. The predicted molar refractivity (Wildman–Crippen MR) is 60.0 cm³/mol. The molecule has 0 radical (unpaired) electrons. The van der Waals surface area contributed by atoms with Crippen molar-refractivity contribution in [2.75, 3.05) is 5.73 Å². The van der Waals surface area contributed by atoms with Gasteiger partial charge >= 0.3 is 0 Å². The molecule has 74 valence electrons. The van der Waals surface area contributed by atoms with Crippen LogP contribution in [0.5, 0.6) is 0 Å². The number of aromatic nitrogens is 2. The molecule has 15 heavy (non-hydrogen) atoms. The minimum atomic E-state index is -0.555. The molecular weight excluding hydrogens is 192 g/mol. The molecule has 2 aromatic rings. The van der Waals surface area contributed by atoms with E-state index in [1.54, 1.807) is 24.4 Å². The van der Waals surface area contributed by atoms with E-state index in [4.69, 9.17) is 5.73 Å². The van der Waals surface area contributed by atoms with Crippen LogP contribution in [0.4, 0.5) is 10.1 Å². The summed E-state index contributed by atoms with van der Waals surface area (Å²) in [5, 5.41) is 0. The van der Waals surface area contributed by atoms with Gasteiger partial charge in [-0.05, 0) is 18.2 Å². The van der Waals surface area contributed by atoms with Crippen molar-refractivity contribution in [3.05, 3.63) is 36.5 Å². The van der Waals surface area contributed by atoms with Crippen LogP contribution in [0.1, 0.15) is 0 Å². The van der Waals surface area contributed by atoms with Gasteiger partial charge in [0.15, 0.2) is 0 Å². The topological polar surface area (TPSA) is 51.8 Å². The lowest BCUT2D eigenvalue weighted by molar-refractivity contribution is 0.587. The lowest BCUT2D eigenvalue weighted by Gasteiger charge is -2.05. The van der Waals surface area contributed by atoms with Gasteiger partial charge in [0, 0.05) is 12.4 Å². The Hall–Kier alpha value is -1.91. The van der Waals surface area contributed by atoms with Gasteiger partial charge in [-0.3, -0.25) is 4.98 Å². The molecule has 0 unspecified atom stereocenters. The second-order valence-electron chi connectivity index (χ2n) is 3.29. The molecule has 2 aromatic heterocycles. The third kappa shape index (κ3) is 1.81. The summed E-state index contributed by atoms with van der Waals surface area (Å²) >= 11 is 0. The molecule has 0 bridgehead atoms. The molecule has 0 aliphatic heterocycles. The van der Waals surface area contributed by atoms with Crippen LogP contribution in [0.3, 0.4) is 0 Å². The van der Waals surface area contributed by atoms with E-state index in [2.05, 4.69) is 9.97 Å². The smallest absolute Gasteiger partial charge is 0.222 e. The monoisotopic (exact) mass is 201 g/mol. The van der Waals surface area contributed by atoms with Crippen LogP contribution in [-0.4, -0.2) is 17.8 Å². The number of hydrogen-bond donors (Lipinski definition) is 1. The van der Waals surface area contributed by atoms with Gasteiger partial charge in [0.25, 0.3) is 0 Å². The van der Waals surface area contributed by atoms with Crippen LogP contribution in [0.15, 0.2) is 30.6 Å². The van der Waals surface area contributed by atoms with Gasteiger partial charge in [0.05, 0.1) is 16.9 Å². The first-order valence-electron chi connectivity index (χ1n) is 4.51. The van der Waals surface area contributed by atoms with Crippen molar-refractivity contribution in [1.29, 1.82) is 0 Å². The van der Waals surface area contributed by atoms with Crippen molar-refractivity contribution in [2.45, 2.75) is 0 Å². The van der Waals surface area contributed by atoms with E-state index in [-0.39, 0.29) is 0 Å². The second kappa shape index (κ2) is 3.69. The maximum Gasteiger partial charge on any atom is 0.222 e. The summed E-state index contributed by atoms with van der Waals surface area (Å²) < 4.78 is 13.3. The summed E-state index contributed by atoms with van der Waals surface area (Å²) in [6.45, 7) is 0. The maximum atomic E-state index is 13.3. The van der Waals surface area contributed by atoms with Crippen molar-refractivity contribution in [2.24, 2.45) is 0 Å². The van der Waals surface area contributed by atoms with Gasteiger partial charge in [-0.1, -0.05) is 5.46 Å². The quantitative estimate of drug-likeness (QED) is 0.526. The molecule has 0 atom stereocenters. The van der Waals surface area contributed by atoms with Gasteiger partial charge in [0.1, 0.15) is 7.85 Å². The van der Waals surface area contributed by atoms with Crippen LogP contribution in [0.2, 0.25) is 0 Å². The van der Waals surface area contributed by atoms with Crippen LogP contribution >= 0.6 is 0 Å². The number of pyridine rings is 2. The van der Waals surface area contributed by atoms with E-state index in [0.717, 1.165) is 5.46 Å². The standard InChI is InChI=1S/C10H9BFN3/c11-6-4-8(13)9(15-5-6)7-2-1-3-14-10(7)12/h1-5H,11,13H2. The first kappa shape index (κ1) is 9.64. The molecule has 0 fully saturated rings. The maximum absolute atomic E-state index is 13.3. The third-order valence-electron chi connectivity index (χ3n) is 2.07. The van der Waals surface area contributed by atoms with Crippen LogP contribution in [0.25, 0.3) is 11.3 Å². The number of nitrogens with zero attached hydrogens (tertiary/aromatic N) is 2. The predicted octanol–water partition coefficient (Wildman–Crippen LogP) is 0.123. The van der Waals surface area contributed by atoms with Crippen LogP contribution in [-0.2, 0) is 0 Å². The highest BCUT2D eigenvalue weighted by Crippen LogP contribution is 2.23. The molecule has 0 saturated carbocycles. The summed E-state index contributed by atoms with van der Waals surface area (Å²) in [6.07, 6.45) is 3.04. The molecule has 0 aliphatic rings. The fourth-order valence-corrected chi connectivity index (χ4v) is 1.38. The summed E-state index contributed by atoms with van der Waals surface area (Å²) in [5.74, 6) is -0.555. The minimum absolute atomic E-state index is 0.329. The third-order valence-corrected chi connectivity index (χ3v) is 2.07. The SMILES string of the molecule is Bc1cnc(-c2cccnc2F)c(N)c1. The Morgan fingerprint density at radius 1 is 1.33 bits per heavy atom. The zero-order valence-corrected chi connectivity index (χ0v) is 8.24. The Balaban J connectivity index is 2.60. The first-order valence-corrected chi connectivity index (χ1v) is 4.51. The van der Waals surface area contributed by atoms with Gasteiger partial charge in [0.2, 0.25) is 5.95 Å². The zero-order valence-electron chi connectivity index (χ0n) is 8.24. The van der Waals surface area contributed by atoms with E-state index < -0.39 is 5.95 Å². The minimum Gasteiger partial charge on any atom is -0.397 e. The average Bonchev–Trinajstić information content (AvgIpc) is 2.20. The van der Waals surface area contributed by atoms with E-state index in [9.17, 15) is 4.39 Å². The Labute approximate surface area is 87.6 Å². The number of rotatable bonds is 1. The molecule has 0 aromatic carbocycles. The number of nitrogens with two attached hydrogens (primary N) is 1. The average molecular weight is 201 g/mol. The Bertz CT molecular complexity index is 502. The lowest BCUT2D eigenvalue weighted by atomic mass is 9.97. The highest BCUT2D eigenvalue weighted by Gasteiger charge is 2.09. The van der Waals surface area contributed by atoms with E-state index >= 15 is 0 Å². The second-order valence-corrected chi connectivity index (χ2v) is 3.29. The Morgan fingerprint density at radius 2 is 2.13 bits per heavy atom. The number of nitrogen functional groups attached to an aromatic ring is 1. The van der Waals surface area contributed by atoms with Gasteiger partial charge in [-0.15, -0.1) is 0 Å². The number of halogens is 1. The van der Waals surface area contributed by atoms with Crippen LogP contribution < -0.4 is 11.2 Å². The number of anilines is 1. The van der Waals surface area contributed by atoms with Crippen molar-refractivity contribution < 1.29 is 4.39 Å². The first-order chi connectivity index (χ1) is 7.18. The summed E-state index contributed by atoms with van der Waals surface area (Å²) in [5.41, 5.74) is 7.94. The molecule has 2 N–H and O–H groups in total. The molecule has 2 heterocycles. The molecule has 0 amide bonds. The Morgan fingerprint density at radius 3 is 2.80 bits per heavy atom. The number of hydrogen-bond acceptors (Lipinski definition) is 3. The van der Waals surface area contributed by atoms with Gasteiger partial charge < -0.3 is 5.73 Å². The summed E-state index contributed by atoms with van der Waals surface area (Å²) in [7, 11) is 1.88. The van der Waals surface area contributed by atoms with Gasteiger partial charge in [-0.25, -0.2) is 4.98 Å². The molecule has 5 heteroatoms. The normalized spacial score (nSPS) is 10.2. The van der Waals surface area contributed by atoms with Crippen molar-refractivity contribution in [1.82, 2.24) is 9.97 Å². The Kier molecular flexibility index (Phi) is 2.37. The lowest BCUT2D eigenvalue weighted by Crippen LogP contribution is -2.07. The fraction of sp³-hybridized carbons (Fsp3) is 0. The van der Waals surface area contributed by atoms with Crippen LogP contribution in [0, 0.1) is 5.95 Å². The van der Waals surface area contributed by atoms with Crippen molar-refractivity contribution in [3.63, 3.8) is 0 Å². The fourth-order valence-electron chi connectivity index (χ4n) is 1.38. The zero-order chi connectivity index (χ0) is 10.8.